The van der Waals surface area contributed by atoms with Gasteiger partial charge in [0, 0.05) is 6.04 Å². The Morgan fingerprint density at radius 2 is 1.90 bits per heavy atom. The topological polar surface area (TPSA) is 46.6 Å². The fourth-order valence-electron chi connectivity index (χ4n) is 2.78. The highest BCUT2D eigenvalue weighted by Gasteiger charge is 2.37. The van der Waals surface area contributed by atoms with Gasteiger partial charge in [-0.2, -0.15) is 0 Å². The van der Waals surface area contributed by atoms with Crippen LogP contribution >= 0.6 is 56.9 Å². The Bertz CT molecular complexity index is 973. The van der Waals surface area contributed by atoms with Crippen LogP contribution in [0.15, 0.2) is 41.3 Å². The summed E-state index contributed by atoms with van der Waals surface area (Å²) in [7, 11) is 0. The molecule has 1 aliphatic heterocycles. The minimum Gasteiger partial charge on any atom is -0.487 e. The van der Waals surface area contributed by atoms with Crippen molar-refractivity contribution in [2.24, 2.45) is 0 Å². The Hall–Kier alpha value is -1.14. The molecule has 3 rings (SSSR count). The van der Waals surface area contributed by atoms with Gasteiger partial charge in [0.2, 0.25) is 0 Å². The molecule has 0 aromatic heterocycles. The van der Waals surface area contributed by atoms with Crippen LogP contribution in [0.2, 0.25) is 0 Å². The van der Waals surface area contributed by atoms with Crippen LogP contribution in [0.1, 0.15) is 31.4 Å². The van der Waals surface area contributed by atoms with Gasteiger partial charge in [0.1, 0.15) is 18.2 Å². The smallest absolute Gasteiger partial charge is 0.293 e. The largest absolute Gasteiger partial charge is 0.487 e. The van der Waals surface area contributed by atoms with Gasteiger partial charge in [0.25, 0.3) is 11.1 Å². The minimum atomic E-state index is -0.294. The molecule has 1 saturated heterocycles. The number of imide groups is 1. The van der Waals surface area contributed by atoms with Gasteiger partial charge in [-0.25, -0.2) is 4.39 Å². The number of thioether (sulfide) groups is 1. The van der Waals surface area contributed by atoms with Crippen molar-refractivity contribution in [3.8, 4) is 5.75 Å². The molecule has 1 atom stereocenters. The van der Waals surface area contributed by atoms with Crippen molar-refractivity contribution >= 4 is 74.2 Å². The molecule has 2 aromatic rings. The normalized spacial score (nSPS) is 16.6. The number of benzene rings is 2. The fraction of sp³-hybridized carbons (Fsp3) is 0.238. The van der Waals surface area contributed by atoms with Crippen LogP contribution < -0.4 is 4.74 Å². The second kappa shape index (κ2) is 9.78. The van der Waals surface area contributed by atoms with Crippen LogP contribution in [0.25, 0.3) is 6.08 Å². The van der Waals surface area contributed by atoms with E-state index >= 15 is 0 Å². The van der Waals surface area contributed by atoms with Crippen LogP contribution in [0.5, 0.6) is 5.75 Å². The van der Waals surface area contributed by atoms with Gasteiger partial charge < -0.3 is 4.74 Å². The summed E-state index contributed by atoms with van der Waals surface area (Å²) in [5.41, 5.74) is 1.57. The Balaban J connectivity index is 1.79. The van der Waals surface area contributed by atoms with E-state index in [-0.39, 0.29) is 29.6 Å². The maximum absolute atomic E-state index is 13.3. The highest BCUT2D eigenvalue weighted by atomic mass is 127. The zero-order valence-corrected chi connectivity index (χ0v) is 20.9. The van der Waals surface area contributed by atoms with Crippen LogP contribution in [-0.4, -0.2) is 22.1 Å². The summed E-state index contributed by atoms with van der Waals surface area (Å²) < 4.78 is 21.0. The van der Waals surface area contributed by atoms with E-state index in [0.717, 1.165) is 36.4 Å². The Morgan fingerprint density at radius 3 is 2.52 bits per heavy atom. The monoisotopic (exact) mass is 637 g/mol. The first-order valence-corrected chi connectivity index (χ1v) is 11.9. The zero-order chi connectivity index (χ0) is 21.1. The van der Waals surface area contributed by atoms with E-state index in [1.807, 2.05) is 32.0 Å². The summed E-state index contributed by atoms with van der Waals surface area (Å²) in [6.07, 6.45) is 2.46. The first kappa shape index (κ1) is 22.5. The lowest BCUT2D eigenvalue weighted by Gasteiger charge is -2.19. The number of ether oxygens (including phenoxy) is 1. The molecule has 29 heavy (non-hydrogen) atoms. The zero-order valence-electron chi connectivity index (χ0n) is 15.7. The number of nitrogens with zero attached hydrogens (tertiary/aromatic N) is 1. The minimum absolute atomic E-state index is 0.118. The van der Waals surface area contributed by atoms with Gasteiger partial charge in [-0.05, 0) is 112 Å². The standard InChI is InChI=1S/C21H18FI2NO3S/c1-3-12(2)25-20(26)18(29-21(25)27)10-14-8-16(23)19(17(24)9-14)28-11-13-5-4-6-15(22)7-13/h4-10,12H,3,11H2,1-2H3/b18-10+/t12-/m1/s1. The third-order valence-corrected chi connectivity index (χ3v) is 6.93. The van der Waals surface area contributed by atoms with E-state index in [1.54, 1.807) is 12.1 Å². The van der Waals surface area contributed by atoms with E-state index in [2.05, 4.69) is 45.2 Å². The molecule has 2 amide bonds. The molecule has 1 heterocycles. The predicted molar refractivity (Wildman–Crippen MR) is 130 cm³/mol. The third-order valence-electron chi connectivity index (χ3n) is 4.45. The summed E-state index contributed by atoms with van der Waals surface area (Å²) >= 11 is 5.32. The van der Waals surface area contributed by atoms with Crippen molar-refractivity contribution in [2.75, 3.05) is 0 Å². The first-order valence-electron chi connectivity index (χ1n) is 8.93. The van der Waals surface area contributed by atoms with E-state index in [0.29, 0.717) is 10.7 Å². The number of carbonyl (C=O) groups is 2. The van der Waals surface area contributed by atoms with E-state index in [1.165, 1.54) is 17.0 Å². The molecule has 0 aliphatic carbocycles. The van der Waals surface area contributed by atoms with E-state index < -0.39 is 0 Å². The van der Waals surface area contributed by atoms with Crippen molar-refractivity contribution in [1.82, 2.24) is 4.90 Å². The average Bonchev–Trinajstić information content (AvgIpc) is 2.94. The van der Waals surface area contributed by atoms with Gasteiger partial charge in [-0.1, -0.05) is 19.1 Å². The number of carbonyl (C=O) groups excluding carboxylic acids is 2. The highest BCUT2D eigenvalue weighted by Crippen LogP contribution is 2.36. The van der Waals surface area contributed by atoms with Crippen molar-refractivity contribution < 1.29 is 18.7 Å². The van der Waals surface area contributed by atoms with Gasteiger partial charge in [-0.15, -0.1) is 0 Å². The number of halogens is 3. The molecular formula is C21H18FI2NO3S. The first-order chi connectivity index (χ1) is 13.8. The lowest BCUT2D eigenvalue weighted by atomic mass is 10.2. The summed E-state index contributed by atoms with van der Waals surface area (Å²) in [6.45, 7) is 4.08. The van der Waals surface area contributed by atoms with Gasteiger partial charge in [0.05, 0.1) is 12.0 Å². The van der Waals surface area contributed by atoms with Gasteiger partial charge >= 0.3 is 0 Å². The predicted octanol–water partition coefficient (Wildman–Crippen LogP) is 6.45. The van der Waals surface area contributed by atoms with E-state index in [4.69, 9.17) is 4.74 Å². The molecule has 152 valence electrons. The molecule has 0 saturated carbocycles. The van der Waals surface area contributed by atoms with Crippen LogP contribution in [0, 0.1) is 13.0 Å². The number of hydrogen-bond donors (Lipinski definition) is 0. The van der Waals surface area contributed by atoms with Crippen molar-refractivity contribution in [2.45, 2.75) is 32.9 Å². The Morgan fingerprint density at radius 1 is 1.21 bits per heavy atom. The molecule has 2 aromatic carbocycles. The van der Waals surface area contributed by atoms with Crippen molar-refractivity contribution in [3.63, 3.8) is 0 Å². The molecular weight excluding hydrogens is 619 g/mol. The second-order valence-electron chi connectivity index (χ2n) is 6.54. The molecule has 0 N–H and O–H groups in total. The van der Waals surface area contributed by atoms with Crippen molar-refractivity contribution in [3.05, 3.63) is 65.4 Å². The van der Waals surface area contributed by atoms with Gasteiger partial charge in [-0.3, -0.25) is 14.5 Å². The molecule has 0 radical (unpaired) electrons. The second-order valence-corrected chi connectivity index (χ2v) is 9.86. The van der Waals surface area contributed by atoms with Crippen LogP contribution in [0.4, 0.5) is 9.18 Å². The number of hydrogen-bond acceptors (Lipinski definition) is 4. The van der Waals surface area contributed by atoms with Gasteiger partial charge in [0.15, 0.2) is 0 Å². The molecule has 0 spiro atoms. The summed E-state index contributed by atoms with van der Waals surface area (Å²) in [5, 5.41) is -0.227. The van der Waals surface area contributed by atoms with Crippen molar-refractivity contribution in [1.29, 1.82) is 0 Å². The van der Waals surface area contributed by atoms with Crippen LogP contribution in [0.3, 0.4) is 0 Å². The third kappa shape index (κ3) is 5.32. The molecule has 4 nitrogen and oxygen atoms in total. The summed E-state index contributed by atoms with van der Waals surface area (Å²) in [5.74, 6) is 0.170. The fourth-order valence-corrected chi connectivity index (χ4v) is 5.83. The molecule has 0 unspecified atom stereocenters. The molecule has 0 bridgehead atoms. The highest BCUT2D eigenvalue weighted by molar-refractivity contribution is 14.1. The molecule has 8 heteroatoms. The van der Waals surface area contributed by atoms with E-state index in [9.17, 15) is 14.0 Å². The quantitative estimate of drug-likeness (QED) is 0.270. The maximum atomic E-state index is 13.3. The number of rotatable bonds is 6. The average molecular weight is 637 g/mol. The lowest BCUT2D eigenvalue weighted by molar-refractivity contribution is -0.124. The summed E-state index contributed by atoms with van der Waals surface area (Å²) in [6, 6.07) is 9.99. The lowest BCUT2D eigenvalue weighted by Crippen LogP contribution is -2.36. The Labute approximate surface area is 200 Å². The molecule has 1 fully saturated rings. The summed E-state index contributed by atoms with van der Waals surface area (Å²) in [4.78, 5) is 26.5. The Kier molecular flexibility index (Phi) is 7.60. The number of amides is 2. The SMILES string of the molecule is CC[C@@H](C)N1C(=O)S/C(=C/c2cc(I)c(OCc3cccc(F)c3)c(I)c2)C1=O. The van der Waals surface area contributed by atoms with Crippen LogP contribution in [-0.2, 0) is 11.4 Å². The molecule has 1 aliphatic rings. The maximum Gasteiger partial charge on any atom is 0.293 e.